The number of methoxy groups -OCH3 is 1. The number of amides is 1. The summed E-state index contributed by atoms with van der Waals surface area (Å²) in [5.41, 5.74) is 3.16. The van der Waals surface area contributed by atoms with Gasteiger partial charge >= 0.3 is 0 Å². The van der Waals surface area contributed by atoms with Crippen LogP contribution in [0.25, 0.3) is 10.9 Å². The van der Waals surface area contributed by atoms with Gasteiger partial charge < -0.3 is 9.84 Å². The zero-order valence-electron chi connectivity index (χ0n) is 20.1. The first-order chi connectivity index (χ1) is 17.5. The zero-order chi connectivity index (χ0) is 25.5. The summed E-state index contributed by atoms with van der Waals surface area (Å²) in [5.74, 6) is 6.47. The second-order valence-electron chi connectivity index (χ2n) is 9.00. The summed E-state index contributed by atoms with van der Waals surface area (Å²) in [7, 11) is 1.57. The largest absolute Gasteiger partial charge is 0.497 e. The van der Waals surface area contributed by atoms with Crippen LogP contribution in [0.1, 0.15) is 42.9 Å². The van der Waals surface area contributed by atoms with Crippen molar-refractivity contribution in [3.8, 4) is 17.6 Å². The van der Waals surface area contributed by atoms with Crippen LogP contribution in [0.4, 0.5) is 0 Å². The van der Waals surface area contributed by atoms with Crippen LogP contribution in [0.3, 0.4) is 0 Å². The molecule has 0 radical (unpaired) electrons. The van der Waals surface area contributed by atoms with Gasteiger partial charge in [-0.1, -0.05) is 23.4 Å². The second-order valence-corrected chi connectivity index (χ2v) is 9.41. The van der Waals surface area contributed by atoms with E-state index in [4.69, 9.17) is 16.3 Å². The average Bonchev–Trinajstić information content (AvgIpc) is 2.92. The highest BCUT2D eigenvalue weighted by Crippen LogP contribution is 2.41. The molecule has 1 unspecified atom stereocenters. The zero-order valence-corrected chi connectivity index (χ0v) is 20.8. The van der Waals surface area contributed by atoms with Gasteiger partial charge in [0.1, 0.15) is 5.75 Å². The van der Waals surface area contributed by atoms with Gasteiger partial charge in [-0.05, 0) is 56.0 Å². The van der Waals surface area contributed by atoms with E-state index in [9.17, 15) is 15.1 Å². The summed E-state index contributed by atoms with van der Waals surface area (Å²) in [6.07, 6.45) is 5.81. The molecule has 188 valence electrons. The molecule has 2 aromatic heterocycles. The third-order valence-corrected chi connectivity index (χ3v) is 7.19. The van der Waals surface area contributed by atoms with Crippen LogP contribution < -0.4 is 10.2 Å². The monoisotopic (exact) mass is 508 g/mol. The van der Waals surface area contributed by atoms with Crippen molar-refractivity contribution in [1.29, 1.82) is 0 Å². The van der Waals surface area contributed by atoms with E-state index in [1.165, 1.54) is 6.20 Å². The summed E-state index contributed by atoms with van der Waals surface area (Å²) in [4.78, 5) is 23.3. The number of nitrogens with one attached hydrogen (secondary N) is 1. The Morgan fingerprint density at radius 1 is 1.31 bits per heavy atom. The van der Waals surface area contributed by atoms with Crippen molar-refractivity contribution in [2.24, 2.45) is 5.41 Å². The van der Waals surface area contributed by atoms with Crippen molar-refractivity contribution < 1.29 is 19.8 Å². The molecule has 1 saturated heterocycles. The van der Waals surface area contributed by atoms with Crippen LogP contribution in [-0.4, -0.2) is 57.8 Å². The molecule has 4 rings (SSSR count). The number of piperidine rings is 1. The summed E-state index contributed by atoms with van der Waals surface area (Å²) in [6.45, 7) is 1.89. The number of hydrogen-bond acceptors (Lipinski definition) is 7. The SMILES string of the molecule is COc1ccc2ncc(Cl)c(C(O)CCC3(C(=O)NO)CCN(CC#Cc4cccnc4)CC3)c2c1. The fourth-order valence-electron chi connectivity index (χ4n) is 4.73. The van der Waals surface area contributed by atoms with Crippen molar-refractivity contribution in [3.63, 3.8) is 0 Å². The van der Waals surface area contributed by atoms with Crippen molar-refractivity contribution in [3.05, 3.63) is 65.1 Å². The van der Waals surface area contributed by atoms with Gasteiger partial charge in [0.25, 0.3) is 0 Å². The number of aliphatic hydroxyl groups excluding tert-OH is 1. The lowest BCUT2D eigenvalue weighted by Crippen LogP contribution is -2.48. The molecule has 1 atom stereocenters. The van der Waals surface area contributed by atoms with E-state index in [0.29, 0.717) is 72.6 Å². The van der Waals surface area contributed by atoms with Gasteiger partial charge in [0.05, 0.1) is 35.7 Å². The van der Waals surface area contributed by atoms with E-state index in [1.54, 1.807) is 31.6 Å². The smallest absolute Gasteiger partial charge is 0.249 e. The molecule has 9 heteroatoms. The van der Waals surface area contributed by atoms with Crippen LogP contribution in [0, 0.1) is 17.3 Å². The highest BCUT2D eigenvalue weighted by Gasteiger charge is 2.41. The number of hydroxylamine groups is 1. The fourth-order valence-corrected chi connectivity index (χ4v) is 5.01. The fraction of sp³-hybridized carbons (Fsp3) is 0.370. The van der Waals surface area contributed by atoms with E-state index in [0.717, 1.165) is 5.56 Å². The summed E-state index contributed by atoms with van der Waals surface area (Å²) >= 11 is 6.45. The third-order valence-electron chi connectivity index (χ3n) is 6.89. The van der Waals surface area contributed by atoms with Gasteiger partial charge in [-0.15, -0.1) is 0 Å². The maximum atomic E-state index is 12.8. The number of fused-ring (bicyclic) bond motifs is 1. The Kier molecular flexibility index (Phi) is 8.39. The van der Waals surface area contributed by atoms with E-state index < -0.39 is 17.4 Å². The summed E-state index contributed by atoms with van der Waals surface area (Å²) in [6, 6.07) is 9.17. The minimum Gasteiger partial charge on any atom is -0.497 e. The number of pyridine rings is 2. The first-order valence-electron chi connectivity index (χ1n) is 11.8. The molecule has 0 saturated carbocycles. The number of nitrogens with zero attached hydrogens (tertiary/aromatic N) is 3. The Bertz CT molecular complexity index is 1270. The number of ether oxygens (including phenoxy) is 1. The predicted octanol–water partition coefficient (Wildman–Crippen LogP) is 3.74. The number of benzene rings is 1. The highest BCUT2D eigenvalue weighted by molar-refractivity contribution is 6.32. The summed E-state index contributed by atoms with van der Waals surface area (Å²) < 4.78 is 5.33. The van der Waals surface area contributed by atoms with Crippen molar-refractivity contribution in [2.75, 3.05) is 26.7 Å². The van der Waals surface area contributed by atoms with Crippen LogP contribution in [0.15, 0.2) is 48.9 Å². The first-order valence-corrected chi connectivity index (χ1v) is 12.2. The standard InChI is InChI=1S/C27H29ClN4O4/c1-36-20-6-7-23-21(16-20)25(22(28)18-30-23)24(33)8-9-27(26(34)31-35)10-14-32(15-11-27)13-3-5-19-4-2-12-29-17-19/h2,4,6-7,12,16-18,24,33,35H,8-11,13-15H2,1H3,(H,31,34). The Morgan fingerprint density at radius 2 is 2.11 bits per heavy atom. The average molecular weight is 509 g/mol. The van der Waals surface area contributed by atoms with Gasteiger partial charge in [0.15, 0.2) is 0 Å². The predicted molar refractivity (Wildman–Crippen MR) is 137 cm³/mol. The number of likely N-dealkylation sites (tertiary alicyclic amines) is 1. The van der Waals surface area contributed by atoms with E-state index in [-0.39, 0.29) is 0 Å². The maximum absolute atomic E-state index is 12.8. The Morgan fingerprint density at radius 3 is 2.81 bits per heavy atom. The van der Waals surface area contributed by atoms with Gasteiger partial charge in [0, 0.05) is 48.2 Å². The number of carbonyl (C=O) groups is 1. The molecule has 8 nitrogen and oxygen atoms in total. The lowest BCUT2D eigenvalue weighted by atomic mass is 9.73. The number of rotatable bonds is 7. The molecule has 1 amide bonds. The quantitative estimate of drug-likeness (QED) is 0.253. The normalized spacial score (nSPS) is 16.1. The molecular weight excluding hydrogens is 480 g/mol. The number of carbonyl (C=O) groups excluding carboxylic acids is 1. The second kappa shape index (κ2) is 11.7. The van der Waals surface area contributed by atoms with Crippen LogP contribution in [0.2, 0.25) is 5.02 Å². The molecule has 1 aliphatic heterocycles. The molecule has 3 aromatic rings. The lowest BCUT2D eigenvalue weighted by molar-refractivity contribution is -0.143. The lowest BCUT2D eigenvalue weighted by Gasteiger charge is -2.40. The molecule has 3 heterocycles. The van der Waals surface area contributed by atoms with Gasteiger partial charge in [0.2, 0.25) is 5.91 Å². The molecule has 1 aliphatic rings. The number of halogens is 1. The topological polar surface area (TPSA) is 108 Å². The van der Waals surface area contributed by atoms with Crippen molar-refractivity contribution in [1.82, 2.24) is 20.3 Å². The molecule has 3 N–H and O–H groups in total. The van der Waals surface area contributed by atoms with Crippen LogP contribution >= 0.6 is 11.6 Å². The van der Waals surface area contributed by atoms with Crippen molar-refractivity contribution >= 4 is 28.4 Å². The molecule has 0 spiro atoms. The van der Waals surface area contributed by atoms with Crippen LogP contribution in [0.5, 0.6) is 5.75 Å². The van der Waals surface area contributed by atoms with Gasteiger partial charge in [-0.3, -0.25) is 24.9 Å². The summed E-state index contributed by atoms with van der Waals surface area (Å²) in [5, 5.41) is 21.7. The molecule has 36 heavy (non-hydrogen) atoms. The minimum absolute atomic E-state index is 0.296. The van der Waals surface area contributed by atoms with E-state index >= 15 is 0 Å². The molecule has 0 aliphatic carbocycles. The van der Waals surface area contributed by atoms with E-state index in [2.05, 4.69) is 26.7 Å². The Hall–Kier alpha value is -3.22. The minimum atomic E-state index is -0.915. The number of hydrogen-bond donors (Lipinski definition) is 3. The maximum Gasteiger partial charge on any atom is 0.249 e. The highest BCUT2D eigenvalue weighted by atomic mass is 35.5. The van der Waals surface area contributed by atoms with Gasteiger partial charge in [-0.2, -0.15) is 0 Å². The molecule has 1 fully saturated rings. The molecule has 1 aromatic carbocycles. The number of aromatic nitrogens is 2. The van der Waals surface area contributed by atoms with Gasteiger partial charge in [-0.25, -0.2) is 5.48 Å². The van der Waals surface area contributed by atoms with Crippen LogP contribution in [-0.2, 0) is 4.79 Å². The molecular formula is C27H29ClN4O4. The third kappa shape index (κ3) is 5.77. The van der Waals surface area contributed by atoms with Crippen molar-refractivity contribution in [2.45, 2.75) is 31.8 Å². The number of aliphatic hydroxyl groups is 1. The molecule has 0 bridgehead atoms. The Balaban J connectivity index is 1.45. The first kappa shape index (κ1) is 25.9. The Labute approximate surface area is 215 Å². The van der Waals surface area contributed by atoms with E-state index in [1.807, 2.05) is 23.7 Å².